The fraction of sp³-hybridized carbons (Fsp3) is 0.250. The summed E-state index contributed by atoms with van der Waals surface area (Å²) in [6, 6.07) is 14.2. The summed E-state index contributed by atoms with van der Waals surface area (Å²) in [5.41, 5.74) is 2.39. The largest absolute Gasteiger partial charge is 0.454 e. The van der Waals surface area contributed by atoms with Crippen molar-refractivity contribution in [2.45, 2.75) is 19.5 Å². The molecule has 104 valence electrons. The van der Waals surface area contributed by atoms with Crippen LogP contribution in [0.3, 0.4) is 0 Å². The lowest BCUT2D eigenvalue weighted by molar-refractivity contribution is 0.174. The van der Waals surface area contributed by atoms with Crippen LogP contribution in [0, 0.1) is 0 Å². The van der Waals surface area contributed by atoms with E-state index in [1.165, 1.54) is 11.1 Å². The van der Waals surface area contributed by atoms with Gasteiger partial charge in [-0.3, -0.25) is 0 Å². The number of ether oxygens (including phenoxy) is 2. The standard InChI is InChI=1S/C16H16ClNO2/c1-11(13-3-5-14(17)6-4-13)18-9-12-2-7-15-16(8-12)20-10-19-15/h2-8,11,18H,9-10H2,1H3/t11-/m0/s1. The Morgan fingerprint density at radius 2 is 1.85 bits per heavy atom. The van der Waals surface area contributed by atoms with Crippen LogP contribution in [0.25, 0.3) is 0 Å². The summed E-state index contributed by atoms with van der Waals surface area (Å²) in [7, 11) is 0. The van der Waals surface area contributed by atoms with Crippen LogP contribution in [-0.2, 0) is 6.54 Å². The molecule has 1 atom stereocenters. The first kappa shape index (κ1) is 13.3. The summed E-state index contributed by atoms with van der Waals surface area (Å²) in [4.78, 5) is 0. The number of nitrogens with one attached hydrogen (secondary N) is 1. The van der Waals surface area contributed by atoms with E-state index in [9.17, 15) is 0 Å². The molecule has 0 aromatic heterocycles. The molecule has 2 aromatic rings. The van der Waals surface area contributed by atoms with Crippen molar-refractivity contribution in [2.75, 3.05) is 6.79 Å². The molecular formula is C16H16ClNO2. The van der Waals surface area contributed by atoms with Gasteiger partial charge in [0.05, 0.1) is 0 Å². The second-order valence-corrected chi connectivity index (χ2v) is 5.28. The third-order valence-corrected chi connectivity index (χ3v) is 3.67. The SMILES string of the molecule is C[C@H](NCc1ccc2c(c1)OCO2)c1ccc(Cl)cc1. The Hall–Kier alpha value is -1.71. The monoisotopic (exact) mass is 289 g/mol. The first-order chi connectivity index (χ1) is 9.72. The van der Waals surface area contributed by atoms with Crippen molar-refractivity contribution >= 4 is 11.6 Å². The molecular weight excluding hydrogens is 274 g/mol. The summed E-state index contributed by atoms with van der Waals surface area (Å²) in [5, 5.41) is 4.25. The van der Waals surface area contributed by atoms with E-state index < -0.39 is 0 Å². The molecule has 0 spiro atoms. The molecule has 4 heteroatoms. The third kappa shape index (κ3) is 2.89. The zero-order chi connectivity index (χ0) is 13.9. The van der Waals surface area contributed by atoms with Crippen LogP contribution in [0.2, 0.25) is 5.02 Å². The van der Waals surface area contributed by atoms with E-state index in [4.69, 9.17) is 21.1 Å². The zero-order valence-corrected chi connectivity index (χ0v) is 12.0. The summed E-state index contributed by atoms with van der Waals surface area (Å²) in [6.45, 7) is 3.23. The fourth-order valence-corrected chi connectivity index (χ4v) is 2.32. The van der Waals surface area contributed by atoms with Gasteiger partial charge in [-0.25, -0.2) is 0 Å². The summed E-state index contributed by atoms with van der Waals surface area (Å²) in [5.74, 6) is 1.64. The van der Waals surface area contributed by atoms with E-state index in [2.05, 4.69) is 18.3 Å². The molecule has 0 unspecified atom stereocenters. The predicted molar refractivity (Wildman–Crippen MR) is 79.3 cm³/mol. The van der Waals surface area contributed by atoms with Gasteiger partial charge in [0.2, 0.25) is 6.79 Å². The Bertz CT molecular complexity index is 598. The van der Waals surface area contributed by atoms with Crippen molar-refractivity contribution in [1.82, 2.24) is 5.32 Å². The van der Waals surface area contributed by atoms with Crippen molar-refractivity contribution in [1.29, 1.82) is 0 Å². The molecule has 0 bridgehead atoms. The van der Waals surface area contributed by atoms with Crippen LogP contribution in [0.5, 0.6) is 11.5 Å². The molecule has 0 amide bonds. The fourth-order valence-electron chi connectivity index (χ4n) is 2.19. The van der Waals surface area contributed by atoms with Crippen LogP contribution < -0.4 is 14.8 Å². The summed E-state index contributed by atoms with van der Waals surface area (Å²) in [6.07, 6.45) is 0. The Balaban J connectivity index is 1.63. The molecule has 3 rings (SSSR count). The van der Waals surface area contributed by atoms with Crippen molar-refractivity contribution in [2.24, 2.45) is 0 Å². The molecule has 1 heterocycles. The van der Waals surface area contributed by atoms with E-state index in [1.807, 2.05) is 36.4 Å². The quantitative estimate of drug-likeness (QED) is 0.925. The second kappa shape index (κ2) is 5.73. The van der Waals surface area contributed by atoms with E-state index >= 15 is 0 Å². The highest BCUT2D eigenvalue weighted by Crippen LogP contribution is 2.32. The van der Waals surface area contributed by atoms with Crippen LogP contribution >= 0.6 is 11.6 Å². The summed E-state index contributed by atoms with van der Waals surface area (Å²) < 4.78 is 10.7. The smallest absolute Gasteiger partial charge is 0.231 e. The number of halogens is 1. The van der Waals surface area contributed by atoms with Crippen molar-refractivity contribution < 1.29 is 9.47 Å². The second-order valence-electron chi connectivity index (χ2n) is 4.84. The highest BCUT2D eigenvalue weighted by molar-refractivity contribution is 6.30. The lowest BCUT2D eigenvalue weighted by Crippen LogP contribution is -2.17. The van der Waals surface area contributed by atoms with Gasteiger partial charge in [-0.05, 0) is 42.3 Å². The lowest BCUT2D eigenvalue weighted by Gasteiger charge is -2.14. The predicted octanol–water partition coefficient (Wildman–Crippen LogP) is 3.92. The van der Waals surface area contributed by atoms with Crippen LogP contribution in [0.4, 0.5) is 0 Å². The molecule has 0 fully saturated rings. The minimum absolute atomic E-state index is 0.262. The van der Waals surface area contributed by atoms with Crippen molar-refractivity contribution in [3.05, 3.63) is 58.6 Å². The van der Waals surface area contributed by atoms with E-state index in [1.54, 1.807) is 0 Å². The van der Waals surface area contributed by atoms with Crippen LogP contribution in [-0.4, -0.2) is 6.79 Å². The van der Waals surface area contributed by atoms with Gasteiger partial charge in [0.15, 0.2) is 11.5 Å². The third-order valence-electron chi connectivity index (χ3n) is 3.42. The number of hydrogen-bond acceptors (Lipinski definition) is 3. The van der Waals surface area contributed by atoms with E-state index in [-0.39, 0.29) is 6.04 Å². The molecule has 1 aliphatic rings. The average molecular weight is 290 g/mol. The molecule has 20 heavy (non-hydrogen) atoms. The molecule has 1 N–H and O–H groups in total. The van der Waals surface area contributed by atoms with Gasteiger partial charge in [-0.15, -0.1) is 0 Å². The Morgan fingerprint density at radius 1 is 1.10 bits per heavy atom. The highest BCUT2D eigenvalue weighted by Gasteiger charge is 2.13. The van der Waals surface area contributed by atoms with E-state index in [0.717, 1.165) is 23.1 Å². The van der Waals surface area contributed by atoms with Gasteiger partial charge >= 0.3 is 0 Å². The summed E-state index contributed by atoms with van der Waals surface area (Å²) >= 11 is 5.90. The zero-order valence-electron chi connectivity index (χ0n) is 11.2. The van der Waals surface area contributed by atoms with Gasteiger partial charge in [-0.2, -0.15) is 0 Å². The maximum atomic E-state index is 5.90. The minimum atomic E-state index is 0.262. The number of fused-ring (bicyclic) bond motifs is 1. The van der Waals surface area contributed by atoms with Gasteiger partial charge in [0.25, 0.3) is 0 Å². The Labute approximate surface area is 123 Å². The Morgan fingerprint density at radius 3 is 2.65 bits per heavy atom. The first-order valence-electron chi connectivity index (χ1n) is 6.60. The minimum Gasteiger partial charge on any atom is -0.454 e. The number of rotatable bonds is 4. The number of benzene rings is 2. The van der Waals surface area contributed by atoms with Gasteiger partial charge in [0.1, 0.15) is 0 Å². The molecule has 0 aliphatic carbocycles. The van der Waals surface area contributed by atoms with Crippen LogP contribution in [0.15, 0.2) is 42.5 Å². The molecule has 0 radical (unpaired) electrons. The van der Waals surface area contributed by atoms with E-state index in [0.29, 0.717) is 6.79 Å². The van der Waals surface area contributed by atoms with Crippen molar-refractivity contribution in [3.63, 3.8) is 0 Å². The molecule has 3 nitrogen and oxygen atoms in total. The van der Waals surface area contributed by atoms with Crippen molar-refractivity contribution in [3.8, 4) is 11.5 Å². The maximum absolute atomic E-state index is 5.90. The maximum Gasteiger partial charge on any atom is 0.231 e. The molecule has 0 saturated carbocycles. The molecule has 0 saturated heterocycles. The van der Waals surface area contributed by atoms with Gasteiger partial charge < -0.3 is 14.8 Å². The van der Waals surface area contributed by atoms with Crippen LogP contribution in [0.1, 0.15) is 24.1 Å². The molecule has 1 aliphatic heterocycles. The normalized spacial score (nSPS) is 14.3. The Kier molecular flexibility index (Phi) is 3.81. The number of hydrogen-bond donors (Lipinski definition) is 1. The highest BCUT2D eigenvalue weighted by atomic mass is 35.5. The first-order valence-corrected chi connectivity index (χ1v) is 6.97. The topological polar surface area (TPSA) is 30.5 Å². The molecule has 2 aromatic carbocycles. The van der Waals surface area contributed by atoms with Gasteiger partial charge in [-0.1, -0.05) is 29.8 Å². The lowest BCUT2D eigenvalue weighted by atomic mass is 10.1. The average Bonchev–Trinajstić information content (AvgIpc) is 2.93. The van der Waals surface area contributed by atoms with Gasteiger partial charge in [0, 0.05) is 17.6 Å².